The largest absolute Gasteiger partial charge is 0.480 e. The summed E-state index contributed by atoms with van der Waals surface area (Å²) in [7, 11) is 0. The average molecular weight is 296 g/mol. The molecule has 0 atom stereocenters. The molecular weight excluding hydrogens is 268 g/mol. The van der Waals surface area contributed by atoms with Gasteiger partial charge in [-0.15, -0.1) is 0 Å². The highest BCUT2D eigenvalue weighted by Gasteiger charge is 2.21. The minimum Gasteiger partial charge on any atom is -0.480 e. The Balaban J connectivity index is 1.70. The number of hydrogen-bond acceptors (Lipinski definition) is 3. The summed E-state index contributed by atoms with van der Waals surface area (Å²) in [4.78, 5) is 26.9. The number of carboxylic acid groups (broad SMARTS) is 1. The maximum Gasteiger partial charge on any atom is 0.317 e. The summed E-state index contributed by atoms with van der Waals surface area (Å²) in [6, 6.07) is 0. The van der Waals surface area contributed by atoms with Gasteiger partial charge in [-0.05, 0) is 18.8 Å². The van der Waals surface area contributed by atoms with Crippen molar-refractivity contribution in [1.29, 1.82) is 0 Å². The first-order valence-corrected chi connectivity index (χ1v) is 8.37. The third kappa shape index (κ3) is 5.65. The van der Waals surface area contributed by atoms with Gasteiger partial charge in [-0.25, -0.2) is 0 Å². The smallest absolute Gasteiger partial charge is 0.317 e. The lowest BCUT2D eigenvalue weighted by Crippen LogP contribution is -2.36. The Morgan fingerprint density at radius 2 is 1.71 bits per heavy atom. The summed E-state index contributed by atoms with van der Waals surface area (Å²) in [6.07, 6.45) is 9.18. The zero-order chi connectivity index (χ0) is 15.1. The van der Waals surface area contributed by atoms with Crippen LogP contribution in [0.25, 0.3) is 0 Å². The molecule has 1 saturated carbocycles. The molecule has 2 rings (SSSR count). The summed E-state index contributed by atoms with van der Waals surface area (Å²) in [5.41, 5.74) is 0. The van der Waals surface area contributed by atoms with Crippen LogP contribution in [-0.4, -0.2) is 59.5 Å². The van der Waals surface area contributed by atoms with Crippen LogP contribution in [0, 0.1) is 5.92 Å². The van der Waals surface area contributed by atoms with Crippen molar-refractivity contribution in [3.63, 3.8) is 0 Å². The standard InChI is InChI=1S/C16H28N2O3/c19-15(8-7-14-5-2-1-3-6-14)18-10-4-9-17(11-12-18)13-16(20)21/h14H,1-13H2,(H,20,21). The lowest BCUT2D eigenvalue weighted by Gasteiger charge is -2.24. The van der Waals surface area contributed by atoms with Crippen LogP contribution in [0.5, 0.6) is 0 Å². The van der Waals surface area contributed by atoms with Crippen molar-refractivity contribution in [3.8, 4) is 0 Å². The van der Waals surface area contributed by atoms with E-state index in [1.807, 2.05) is 9.80 Å². The van der Waals surface area contributed by atoms with E-state index in [4.69, 9.17) is 5.11 Å². The number of aliphatic carboxylic acids is 1. The highest BCUT2D eigenvalue weighted by molar-refractivity contribution is 5.76. The van der Waals surface area contributed by atoms with Crippen molar-refractivity contribution in [2.45, 2.75) is 51.4 Å². The molecule has 21 heavy (non-hydrogen) atoms. The number of nitrogens with zero attached hydrogens (tertiary/aromatic N) is 2. The summed E-state index contributed by atoms with van der Waals surface area (Å²) in [5, 5.41) is 8.84. The molecule has 0 radical (unpaired) electrons. The Kier molecular flexibility index (Phi) is 6.49. The highest BCUT2D eigenvalue weighted by Crippen LogP contribution is 2.27. The fourth-order valence-corrected chi connectivity index (χ4v) is 3.53. The first kappa shape index (κ1) is 16.3. The quantitative estimate of drug-likeness (QED) is 0.842. The normalized spacial score (nSPS) is 22.0. The summed E-state index contributed by atoms with van der Waals surface area (Å²) < 4.78 is 0. The summed E-state index contributed by atoms with van der Waals surface area (Å²) >= 11 is 0. The Morgan fingerprint density at radius 3 is 2.43 bits per heavy atom. The molecule has 0 bridgehead atoms. The van der Waals surface area contributed by atoms with Gasteiger partial charge in [-0.1, -0.05) is 32.1 Å². The molecule has 2 fully saturated rings. The number of rotatable bonds is 5. The summed E-state index contributed by atoms with van der Waals surface area (Å²) in [5.74, 6) is 0.225. The van der Waals surface area contributed by atoms with Crippen LogP contribution in [0.4, 0.5) is 0 Å². The first-order valence-electron chi connectivity index (χ1n) is 8.37. The maximum absolute atomic E-state index is 12.3. The van der Waals surface area contributed by atoms with Crippen molar-refractivity contribution in [1.82, 2.24) is 9.80 Å². The molecule has 0 unspecified atom stereocenters. The molecule has 0 spiro atoms. The van der Waals surface area contributed by atoms with E-state index in [9.17, 15) is 9.59 Å². The van der Waals surface area contributed by atoms with E-state index < -0.39 is 5.97 Å². The van der Waals surface area contributed by atoms with Crippen LogP contribution >= 0.6 is 0 Å². The van der Waals surface area contributed by atoms with Crippen molar-refractivity contribution in [2.75, 3.05) is 32.7 Å². The van der Waals surface area contributed by atoms with Crippen molar-refractivity contribution in [2.24, 2.45) is 5.92 Å². The Labute approximate surface area is 127 Å². The van der Waals surface area contributed by atoms with Gasteiger partial charge in [-0.2, -0.15) is 0 Å². The molecule has 2 aliphatic rings. The van der Waals surface area contributed by atoms with Gasteiger partial charge < -0.3 is 10.0 Å². The van der Waals surface area contributed by atoms with Gasteiger partial charge in [0, 0.05) is 32.6 Å². The molecular formula is C16H28N2O3. The third-order valence-electron chi connectivity index (χ3n) is 4.79. The average Bonchev–Trinajstić information content (AvgIpc) is 2.71. The van der Waals surface area contributed by atoms with E-state index >= 15 is 0 Å². The second kappa shape index (κ2) is 8.37. The van der Waals surface area contributed by atoms with Gasteiger partial charge >= 0.3 is 5.97 Å². The van der Waals surface area contributed by atoms with Crippen LogP contribution in [0.15, 0.2) is 0 Å². The number of carboxylic acids is 1. The molecule has 1 aliphatic heterocycles. The lowest BCUT2D eigenvalue weighted by molar-refractivity contribution is -0.138. The second-order valence-electron chi connectivity index (χ2n) is 6.45. The predicted molar refractivity (Wildman–Crippen MR) is 81.1 cm³/mol. The lowest BCUT2D eigenvalue weighted by atomic mass is 9.86. The minimum absolute atomic E-state index is 0.0874. The van der Waals surface area contributed by atoms with Gasteiger partial charge in [-0.3, -0.25) is 14.5 Å². The zero-order valence-corrected chi connectivity index (χ0v) is 12.9. The predicted octanol–water partition coefficient (Wildman–Crippen LogP) is 1.97. The molecule has 1 saturated heterocycles. The molecule has 5 nitrogen and oxygen atoms in total. The SMILES string of the molecule is O=C(O)CN1CCCN(C(=O)CCC2CCCCC2)CC1. The van der Waals surface area contributed by atoms with Gasteiger partial charge in [0.1, 0.15) is 0 Å². The van der Waals surface area contributed by atoms with Gasteiger partial charge in [0.25, 0.3) is 0 Å². The molecule has 120 valence electrons. The monoisotopic (exact) mass is 296 g/mol. The molecule has 0 aromatic heterocycles. The number of carbonyl (C=O) groups excluding carboxylic acids is 1. The van der Waals surface area contributed by atoms with Crippen LogP contribution in [-0.2, 0) is 9.59 Å². The fraction of sp³-hybridized carbons (Fsp3) is 0.875. The Morgan fingerprint density at radius 1 is 0.952 bits per heavy atom. The van der Waals surface area contributed by atoms with Crippen molar-refractivity contribution in [3.05, 3.63) is 0 Å². The highest BCUT2D eigenvalue weighted by atomic mass is 16.4. The van der Waals surface area contributed by atoms with Crippen LogP contribution < -0.4 is 0 Å². The van der Waals surface area contributed by atoms with E-state index in [2.05, 4.69) is 0 Å². The Hall–Kier alpha value is -1.10. The molecule has 1 N–H and O–H groups in total. The molecule has 1 amide bonds. The number of hydrogen-bond donors (Lipinski definition) is 1. The molecule has 0 aromatic carbocycles. The van der Waals surface area contributed by atoms with Gasteiger partial charge in [0.05, 0.1) is 6.54 Å². The third-order valence-corrected chi connectivity index (χ3v) is 4.79. The molecule has 5 heteroatoms. The minimum atomic E-state index is -0.785. The van der Waals surface area contributed by atoms with E-state index in [-0.39, 0.29) is 12.5 Å². The zero-order valence-electron chi connectivity index (χ0n) is 12.9. The number of carbonyl (C=O) groups is 2. The Bertz CT molecular complexity index is 353. The topological polar surface area (TPSA) is 60.9 Å². The van der Waals surface area contributed by atoms with Crippen molar-refractivity contribution >= 4 is 11.9 Å². The first-order chi connectivity index (χ1) is 10.1. The molecule has 1 heterocycles. The van der Waals surface area contributed by atoms with Gasteiger partial charge in [0.15, 0.2) is 0 Å². The van der Waals surface area contributed by atoms with Gasteiger partial charge in [0.2, 0.25) is 5.91 Å². The fourth-order valence-electron chi connectivity index (χ4n) is 3.53. The maximum atomic E-state index is 12.3. The van der Waals surface area contributed by atoms with Crippen LogP contribution in [0.2, 0.25) is 0 Å². The van der Waals surface area contributed by atoms with E-state index in [1.54, 1.807) is 0 Å². The van der Waals surface area contributed by atoms with E-state index in [1.165, 1.54) is 32.1 Å². The van der Waals surface area contributed by atoms with E-state index in [0.29, 0.717) is 19.5 Å². The molecule has 1 aliphatic carbocycles. The molecule has 0 aromatic rings. The van der Waals surface area contributed by atoms with Crippen LogP contribution in [0.3, 0.4) is 0 Å². The number of amides is 1. The van der Waals surface area contributed by atoms with E-state index in [0.717, 1.165) is 31.8 Å². The second-order valence-corrected chi connectivity index (χ2v) is 6.45. The van der Waals surface area contributed by atoms with Crippen LogP contribution in [0.1, 0.15) is 51.4 Å². The summed E-state index contributed by atoms with van der Waals surface area (Å²) in [6.45, 7) is 3.00. The van der Waals surface area contributed by atoms with Crippen molar-refractivity contribution < 1.29 is 14.7 Å².